The molecule has 5 rings (SSSR count). The third kappa shape index (κ3) is 3.49. The highest BCUT2D eigenvalue weighted by molar-refractivity contribution is 6.00. The van der Waals surface area contributed by atoms with E-state index in [1.54, 1.807) is 6.20 Å². The number of piperidine rings is 1. The van der Waals surface area contributed by atoms with Gasteiger partial charge in [0.05, 0.1) is 16.6 Å². The number of aromatic nitrogens is 4. The molecule has 1 saturated heterocycles. The lowest BCUT2D eigenvalue weighted by Gasteiger charge is -2.33. The van der Waals surface area contributed by atoms with Crippen LogP contribution in [0.2, 0.25) is 0 Å². The molecule has 1 atom stereocenters. The lowest BCUT2D eigenvalue weighted by atomic mass is 9.93. The van der Waals surface area contributed by atoms with Gasteiger partial charge in [0.25, 0.3) is 5.91 Å². The van der Waals surface area contributed by atoms with Gasteiger partial charge in [-0.15, -0.1) is 0 Å². The third-order valence-corrected chi connectivity index (χ3v) is 5.95. The summed E-state index contributed by atoms with van der Waals surface area (Å²) in [5, 5.41) is 0. The summed E-state index contributed by atoms with van der Waals surface area (Å²) in [6, 6.07) is 15.9. The standard InChI is InChI=1S/C24H25N5O/c1-28-14-12-25-23(28)18-8-2-3-9-19(18)24(30)29-13-6-7-17(16-29)15-22-26-20-10-4-5-11-21(20)27-22/h2-5,8-12,14,17H,6-7,13,15-16H2,1H3,(H,26,27). The number of benzene rings is 2. The van der Waals surface area contributed by atoms with Crippen LogP contribution < -0.4 is 0 Å². The van der Waals surface area contributed by atoms with Crippen LogP contribution in [0.1, 0.15) is 29.0 Å². The van der Waals surface area contributed by atoms with E-state index in [0.717, 1.165) is 66.2 Å². The van der Waals surface area contributed by atoms with Gasteiger partial charge in [0.15, 0.2) is 0 Å². The summed E-state index contributed by atoms with van der Waals surface area (Å²) >= 11 is 0. The summed E-state index contributed by atoms with van der Waals surface area (Å²) in [5.74, 6) is 2.31. The molecule has 1 unspecified atom stereocenters. The molecule has 1 aliphatic heterocycles. The van der Waals surface area contributed by atoms with Crippen molar-refractivity contribution in [2.75, 3.05) is 13.1 Å². The van der Waals surface area contributed by atoms with Crippen LogP contribution in [-0.2, 0) is 13.5 Å². The molecule has 0 radical (unpaired) electrons. The molecular formula is C24H25N5O. The molecule has 30 heavy (non-hydrogen) atoms. The fourth-order valence-electron chi connectivity index (χ4n) is 4.45. The van der Waals surface area contributed by atoms with Crippen LogP contribution in [0.3, 0.4) is 0 Å². The molecule has 1 fully saturated rings. The summed E-state index contributed by atoms with van der Waals surface area (Å²) in [6.45, 7) is 1.55. The number of rotatable bonds is 4. The molecular weight excluding hydrogens is 374 g/mol. The topological polar surface area (TPSA) is 66.8 Å². The van der Waals surface area contributed by atoms with Gasteiger partial charge >= 0.3 is 0 Å². The first-order valence-corrected chi connectivity index (χ1v) is 10.5. The van der Waals surface area contributed by atoms with Crippen molar-refractivity contribution in [2.45, 2.75) is 19.3 Å². The molecule has 1 amide bonds. The Morgan fingerprint density at radius 1 is 1.17 bits per heavy atom. The molecule has 0 spiro atoms. The molecule has 1 N–H and O–H groups in total. The molecule has 2 aromatic heterocycles. The minimum absolute atomic E-state index is 0.0860. The highest BCUT2D eigenvalue weighted by Gasteiger charge is 2.27. The Morgan fingerprint density at radius 2 is 2.00 bits per heavy atom. The maximum atomic E-state index is 13.4. The number of para-hydroxylation sites is 2. The van der Waals surface area contributed by atoms with Crippen LogP contribution in [0.4, 0.5) is 0 Å². The largest absolute Gasteiger partial charge is 0.342 e. The van der Waals surface area contributed by atoms with Crippen LogP contribution in [0, 0.1) is 5.92 Å². The summed E-state index contributed by atoms with van der Waals surface area (Å²) in [4.78, 5) is 28.0. The van der Waals surface area contributed by atoms with Crippen LogP contribution in [0.15, 0.2) is 60.9 Å². The van der Waals surface area contributed by atoms with Crippen LogP contribution in [0.25, 0.3) is 22.4 Å². The number of nitrogens with zero attached hydrogens (tertiary/aromatic N) is 4. The van der Waals surface area contributed by atoms with Crippen molar-refractivity contribution in [3.05, 3.63) is 72.3 Å². The summed E-state index contributed by atoms with van der Waals surface area (Å²) in [5.41, 5.74) is 3.67. The number of fused-ring (bicyclic) bond motifs is 1. The number of H-pyrrole nitrogens is 1. The predicted molar refractivity (Wildman–Crippen MR) is 117 cm³/mol. The molecule has 0 saturated carbocycles. The minimum Gasteiger partial charge on any atom is -0.342 e. The fourth-order valence-corrected chi connectivity index (χ4v) is 4.45. The molecule has 6 nitrogen and oxygen atoms in total. The zero-order valence-electron chi connectivity index (χ0n) is 17.1. The molecule has 4 aromatic rings. The fraction of sp³-hybridized carbons (Fsp3) is 0.292. The average Bonchev–Trinajstić information content (AvgIpc) is 3.38. The zero-order chi connectivity index (χ0) is 20.5. The van der Waals surface area contributed by atoms with E-state index in [-0.39, 0.29) is 5.91 Å². The average molecular weight is 399 g/mol. The van der Waals surface area contributed by atoms with E-state index in [9.17, 15) is 4.79 Å². The van der Waals surface area contributed by atoms with E-state index in [2.05, 4.69) is 16.0 Å². The third-order valence-electron chi connectivity index (χ3n) is 5.95. The zero-order valence-corrected chi connectivity index (χ0v) is 17.1. The number of imidazole rings is 2. The van der Waals surface area contributed by atoms with Crippen LogP contribution in [-0.4, -0.2) is 43.4 Å². The molecule has 2 aromatic carbocycles. The number of aromatic amines is 1. The van der Waals surface area contributed by atoms with E-state index in [1.165, 1.54) is 0 Å². The lowest BCUT2D eigenvalue weighted by Crippen LogP contribution is -2.40. The van der Waals surface area contributed by atoms with Gasteiger partial charge in [-0.2, -0.15) is 0 Å². The van der Waals surface area contributed by atoms with Gasteiger partial charge in [-0.25, -0.2) is 9.97 Å². The first-order chi connectivity index (χ1) is 14.7. The molecule has 6 heteroatoms. The Bertz CT molecular complexity index is 1160. The van der Waals surface area contributed by atoms with Crippen molar-refractivity contribution in [3.63, 3.8) is 0 Å². The molecule has 0 bridgehead atoms. The highest BCUT2D eigenvalue weighted by atomic mass is 16.2. The van der Waals surface area contributed by atoms with E-state index in [0.29, 0.717) is 5.92 Å². The van der Waals surface area contributed by atoms with Crippen molar-refractivity contribution < 1.29 is 4.79 Å². The first-order valence-electron chi connectivity index (χ1n) is 10.5. The minimum atomic E-state index is 0.0860. The van der Waals surface area contributed by atoms with E-state index >= 15 is 0 Å². The second-order valence-electron chi connectivity index (χ2n) is 8.07. The van der Waals surface area contributed by atoms with Crippen molar-refractivity contribution in [1.29, 1.82) is 0 Å². The molecule has 152 valence electrons. The number of amides is 1. The van der Waals surface area contributed by atoms with Gasteiger partial charge < -0.3 is 14.5 Å². The van der Waals surface area contributed by atoms with Gasteiger partial charge in [0, 0.05) is 44.5 Å². The highest BCUT2D eigenvalue weighted by Crippen LogP contribution is 2.26. The first kappa shape index (κ1) is 18.6. The van der Waals surface area contributed by atoms with E-state index < -0.39 is 0 Å². The summed E-state index contributed by atoms with van der Waals surface area (Å²) < 4.78 is 1.95. The number of likely N-dealkylation sites (tertiary alicyclic amines) is 1. The maximum Gasteiger partial charge on any atom is 0.254 e. The van der Waals surface area contributed by atoms with E-state index in [1.807, 2.05) is 65.2 Å². The molecule has 1 aliphatic rings. The summed E-state index contributed by atoms with van der Waals surface area (Å²) in [7, 11) is 1.95. The Hall–Kier alpha value is -3.41. The number of nitrogens with one attached hydrogen (secondary N) is 1. The number of carbonyl (C=O) groups excluding carboxylic acids is 1. The Labute approximate surface area is 175 Å². The smallest absolute Gasteiger partial charge is 0.254 e. The monoisotopic (exact) mass is 399 g/mol. The molecule has 3 heterocycles. The van der Waals surface area contributed by atoms with Gasteiger partial charge in [-0.3, -0.25) is 4.79 Å². The second kappa shape index (κ2) is 7.78. The predicted octanol–water partition coefficient (Wildman–Crippen LogP) is 4.06. The van der Waals surface area contributed by atoms with Gasteiger partial charge in [0.1, 0.15) is 11.6 Å². The summed E-state index contributed by atoms with van der Waals surface area (Å²) in [6.07, 6.45) is 6.66. The Morgan fingerprint density at radius 3 is 2.83 bits per heavy atom. The molecule has 0 aliphatic carbocycles. The number of hydrogen-bond acceptors (Lipinski definition) is 3. The van der Waals surface area contributed by atoms with E-state index in [4.69, 9.17) is 4.98 Å². The normalized spacial score (nSPS) is 16.8. The van der Waals surface area contributed by atoms with Crippen LogP contribution in [0.5, 0.6) is 0 Å². The number of hydrogen-bond donors (Lipinski definition) is 1. The Balaban J connectivity index is 1.35. The SMILES string of the molecule is Cn1ccnc1-c1ccccc1C(=O)N1CCCC(Cc2nc3ccccc3[nH]2)C1. The van der Waals surface area contributed by atoms with Crippen molar-refractivity contribution in [3.8, 4) is 11.4 Å². The number of aryl methyl sites for hydroxylation is 1. The van der Waals surface area contributed by atoms with Crippen molar-refractivity contribution in [2.24, 2.45) is 13.0 Å². The van der Waals surface area contributed by atoms with Gasteiger partial charge in [-0.05, 0) is 37.0 Å². The maximum absolute atomic E-state index is 13.4. The Kier molecular flexibility index (Phi) is 4.83. The van der Waals surface area contributed by atoms with Crippen molar-refractivity contribution >= 4 is 16.9 Å². The van der Waals surface area contributed by atoms with Gasteiger partial charge in [-0.1, -0.05) is 30.3 Å². The second-order valence-corrected chi connectivity index (χ2v) is 8.07. The lowest BCUT2D eigenvalue weighted by molar-refractivity contribution is 0.0673. The quantitative estimate of drug-likeness (QED) is 0.563. The van der Waals surface area contributed by atoms with Crippen molar-refractivity contribution in [1.82, 2.24) is 24.4 Å². The van der Waals surface area contributed by atoms with Crippen LogP contribution >= 0.6 is 0 Å². The number of carbonyl (C=O) groups is 1. The van der Waals surface area contributed by atoms with Gasteiger partial charge in [0.2, 0.25) is 0 Å².